The van der Waals surface area contributed by atoms with Gasteiger partial charge in [-0.25, -0.2) is 4.98 Å². The van der Waals surface area contributed by atoms with Gasteiger partial charge in [0.05, 0.1) is 22.4 Å². The molecule has 1 aliphatic rings. The second-order valence-electron chi connectivity index (χ2n) is 12.4. The number of allylic oxidation sites excluding steroid dienone is 1. The molecular weight excluding hydrogens is 562 g/mol. The van der Waals surface area contributed by atoms with E-state index in [2.05, 4.69) is 143 Å². The van der Waals surface area contributed by atoms with Crippen LogP contribution in [0, 0.1) is 5.92 Å². The molecular formula is C42H29N3O. The van der Waals surface area contributed by atoms with Crippen LogP contribution in [-0.2, 0) is 6.42 Å². The quantitative estimate of drug-likeness (QED) is 0.205. The number of pyridine rings is 1. The van der Waals surface area contributed by atoms with Crippen LogP contribution in [0.2, 0.25) is 0 Å². The zero-order valence-electron chi connectivity index (χ0n) is 25.3. The summed E-state index contributed by atoms with van der Waals surface area (Å²) in [4.78, 5) is 4.79. The molecule has 4 nitrogen and oxygen atoms in total. The Balaban J connectivity index is 1.19. The third-order valence-electron chi connectivity index (χ3n) is 9.85. The van der Waals surface area contributed by atoms with E-state index in [0.717, 1.165) is 45.2 Å². The molecule has 4 heterocycles. The first-order valence-electron chi connectivity index (χ1n) is 15.9. The molecule has 0 fully saturated rings. The highest BCUT2D eigenvalue weighted by atomic mass is 16.3. The molecule has 0 radical (unpaired) electrons. The van der Waals surface area contributed by atoms with Crippen molar-refractivity contribution in [3.63, 3.8) is 0 Å². The van der Waals surface area contributed by atoms with E-state index in [1.165, 1.54) is 49.8 Å². The summed E-state index contributed by atoms with van der Waals surface area (Å²) in [6.45, 7) is 2.36. The van der Waals surface area contributed by atoms with Gasteiger partial charge in [-0.15, -0.1) is 0 Å². The monoisotopic (exact) mass is 591 g/mol. The summed E-state index contributed by atoms with van der Waals surface area (Å²) in [5.74, 6) is 0.348. The smallest absolute Gasteiger partial charge is 0.145 e. The number of hydrogen-bond donors (Lipinski definition) is 0. The molecule has 0 aliphatic heterocycles. The number of hydrogen-bond acceptors (Lipinski definition) is 2. The normalized spacial score (nSPS) is 14.9. The van der Waals surface area contributed by atoms with Crippen molar-refractivity contribution in [2.45, 2.75) is 13.3 Å². The van der Waals surface area contributed by atoms with E-state index in [4.69, 9.17) is 9.40 Å². The number of benzene rings is 5. The lowest BCUT2D eigenvalue weighted by atomic mass is 9.82. The van der Waals surface area contributed by atoms with Crippen LogP contribution in [0.5, 0.6) is 0 Å². The number of para-hydroxylation sites is 3. The summed E-state index contributed by atoms with van der Waals surface area (Å²) in [6.07, 6.45) is 5.28. The van der Waals surface area contributed by atoms with E-state index in [1.807, 2.05) is 12.3 Å². The first-order valence-corrected chi connectivity index (χ1v) is 15.9. The minimum atomic E-state index is 0.348. The molecule has 0 amide bonds. The molecule has 1 aliphatic carbocycles. The van der Waals surface area contributed by atoms with Crippen molar-refractivity contribution in [1.29, 1.82) is 0 Å². The van der Waals surface area contributed by atoms with Crippen molar-refractivity contribution in [3.05, 3.63) is 150 Å². The van der Waals surface area contributed by atoms with E-state index < -0.39 is 0 Å². The SMILES string of the molecule is CC1Cc2c(n(-c3ccccc3)c3ccccc23)C=C1c1cccc2oc3cc(-n4c5ccccc5c5cccnc54)ccc3c12. The fourth-order valence-corrected chi connectivity index (χ4v) is 7.85. The molecule has 1 unspecified atom stereocenters. The molecule has 0 bridgehead atoms. The van der Waals surface area contributed by atoms with Gasteiger partial charge in [0.2, 0.25) is 0 Å². The Morgan fingerprint density at radius 1 is 0.630 bits per heavy atom. The minimum Gasteiger partial charge on any atom is -0.456 e. The number of furan rings is 1. The van der Waals surface area contributed by atoms with Crippen LogP contribution in [0.1, 0.15) is 23.7 Å². The zero-order chi connectivity index (χ0) is 30.4. The highest BCUT2D eigenvalue weighted by molar-refractivity contribution is 6.13. The summed E-state index contributed by atoms with van der Waals surface area (Å²) in [5.41, 5.74) is 12.6. The number of nitrogens with zero attached hydrogens (tertiary/aromatic N) is 3. The number of fused-ring (bicyclic) bond motifs is 9. The maximum Gasteiger partial charge on any atom is 0.145 e. The second-order valence-corrected chi connectivity index (χ2v) is 12.4. The Kier molecular flexibility index (Phi) is 5.29. The number of rotatable bonds is 3. The van der Waals surface area contributed by atoms with Crippen LogP contribution >= 0.6 is 0 Å². The summed E-state index contributed by atoms with van der Waals surface area (Å²) < 4.78 is 11.3. The van der Waals surface area contributed by atoms with Crippen LogP contribution < -0.4 is 0 Å². The predicted molar refractivity (Wildman–Crippen MR) is 190 cm³/mol. The fraction of sp³-hybridized carbons (Fsp3) is 0.0714. The van der Waals surface area contributed by atoms with Crippen LogP contribution in [0.25, 0.3) is 77.8 Å². The van der Waals surface area contributed by atoms with Gasteiger partial charge in [-0.1, -0.05) is 73.7 Å². The van der Waals surface area contributed by atoms with E-state index in [-0.39, 0.29) is 0 Å². The Morgan fingerprint density at radius 2 is 1.39 bits per heavy atom. The molecule has 1 atom stereocenters. The summed E-state index contributed by atoms with van der Waals surface area (Å²) >= 11 is 0. The Hall–Kier alpha value is -5.87. The molecule has 0 spiro atoms. The van der Waals surface area contributed by atoms with Crippen LogP contribution in [0.15, 0.2) is 138 Å². The molecule has 4 heteroatoms. The Morgan fingerprint density at radius 3 is 2.26 bits per heavy atom. The topological polar surface area (TPSA) is 35.9 Å². The fourth-order valence-electron chi connectivity index (χ4n) is 7.85. The third kappa shape index (κ3) is 3.52. The van der Waals surface area contributed by atoms with Gasteiger partial charge in [-0.3, -0.25) is 4.57 Å². The van der Waals surface area contributed by atoms with Gasteiger partial charge in [0.15, 0.2) is 0 Å². The van der Waals surface area contributed by atoms with Gasteiger partial charge in [0.1, 0.15) is 16.8 Å². The maximum atomic E-state index is 6.63. The minimum absolute atomic E-state index is 0.348. The molecule has 10 rings (SSSR count). The molecule has 218 valence electrons. The zero-order valence-corrected chi connectivity index (χ0v) is 25.3. The van der Waals surface area contributed by atoms with Crippen molar-refractivity contribution >= 4 is 66.4 Å². The highest BCUT2D eigenvalue weighted by Crippen LogP contribution is 2.44. The van der Waals surface area contributed by atoms with Gasteiger partial charge in [0.25, 0.3) is 0 Å². The Labute approximate surface area is 265 Å². The van der Waals surface area contributed by atoms with Crippen LogP contribution in [0.3, 0.4) is 0 Å². The molecule has 0 saturated carbocycles. The Bertz CT molecular complexity index is 2630. The molecule has 5 aromatic carbocycles. The average molecular weight is 592 g/mol. The van der Waals surface area contributed by atoms with Crippen molar-refractivity contribution < 1.29 is 4.42 Å². The lowest BCUT2D eigenvalue weighted by Gasteiger charge is -2.23. The van der Waals surface area contributed by atoms with Gasteiger partial charge < -0.3 is 8.98 Å². The first kappa shape index (κ1) is 25.5. The van der Waals surface area contributed by atoms with E-state index >= 15 is 0 Å². The molecule has 9 aromatic rings. The summed E-state index contributed by atoms with van der Waals surface area (Å²) in [7, 11) is 0. The van der Waals surface area contributed by atoms with E-state index in [0.29, 0.717) is 5.92 Å². The molecule has 0 saturated heterocycles. The molecule has 46 heavy (non-hydrogen) atoms. The van der Waals surface area contributed by atoms with Crippen LogP contribution in [-0.4, -0.2) is 14.1 Å². The van der Waals surface area contributed by atoms with Crippen molar-refractivity contribution in [3.8, 4) is 11.4 Å². The lowest BCUT2D eigenvalue weighted by Crippen LogP contribution is -2.11. The summed E-state index contributed by atoms with van der Waals surface area (Å²) in [6, 6.07) is 45.3. The van der Waals surface area contributed by atoms with Gasteiger partial charge >= 0.3 is 0 Å². The highest BCUT2D eigenvalue weighted by Gasteiger charge is 2.27. The van der Waals surface area contributed by atoms with Gasteiger partial charge in [0, 0.05) is 44.9 Å². The largest absolute Gasteiger partial charge is 0.456 e. The van der Waals surface area contributed by atoms with Gasteiger partial charge in [-0.05, 0) is 89.7 Å². The number of aromatic nitrogens is 3. The maximum absolute atomic E-state index is 6.63. The lowest BCUT2D eigenvalue weighted by molar-refractivity contribution is 0.668. The van der Waals surface area contributed by atoms with Crippen molar-refractivity contribution in [1.82, 2.24) is 14.1 Å². The van der Waals surface area contributed by atoms with Crippen molar-refractivity contribution in [2.75, 3.05) is 0 Å². The predicted octanol–water partition coefficient (Wildman–Crippen LogP) is 10.8. The molecule has 4 aromatic heterocycles. The van der Waals surface area contributed by atoms with Crippen LogP contribution in [0.4, 0.5) is 0 Å². The van der Waals surface area contributed by atoms with Crippen molar-refractivity contribution in [2.24, 2.45) is 5.92 Å². The summed E-state index contributed by atoms with van der Waals surface area (Å²) in [5, 5.41) is 5.99. The first-order chi connectivity index (χ1) is 22.7. The molecule has 0 N–H and O–H groups in total. The van der Waals surface area contributed by atoms with E-state index in [9.17, 15) is 0 Å². The third-order valence-corrected chi connectivity index (χ3v) is 9.85. The standard InChI is InChI=1S/C42H29N3O/c1-26-23-35-30-14-6-7-17-36(30)44(27-11-3-2-4-12-27)38(35)25-34(26)31-15-9-19-39-41(31)33-21-20-28(24-40(33)46-39)45-37-18-8-5-13-29(37)32-16-10-22-43-42(32)45/h2-22,24-26H,23H2,1H3. The van der Waals surface area contributed by atoms with Gasteiger partial charge in [-0.2, -0.15) is 0 Å². The van der Waals surface area contributed by atoms with E-state index in [1.54, 1.807) is 0 Å². The second kappa shape index (κ2) is 9.56. The average Bonchev–Trinajstić information content (AvgIpc) is 3.75.